The number of hydrogen-bond acceptors (Lipinski definition) is 2. The summed E-state index contributed by atoms with van der Waals surface area (Å²) in [6, 6.07) is 0. The third-order valence-electron chi connectivity index (χ3n) is 1.12. The molecule has 0 amide bonds. The van der Waals surface area contributed by atoms with E-state index in [1.54, 1.807) is 0 Å². The van der Waals surface area contributed by atoms with Crippen molar-refractivity contribution in [1.29, 1.82) is 0 Å². The third-order valence-corrected chi connectivity index (χ3v) is 1.12. The molecular formula is C9H18NOY2. The summed E-state index contributed by atoms with van der Waals surface area (Å²) in [5.41, 5.74) is 3.97. The van der Waals surface area contributed by atoms with Gasteiger partial charge in [0.25, 0.3) is 0 Å². The summed E-state index contributed by atoms with van der Waals surface area (Å²) >= 11 is 0. The van der Waals surface area contributed by atoms with Crippen molar-refractivity contribution in [2.75, 3.05) is 13.2 Å². The van der Waals surface area contributed by atoms with E-state index in [-0.39, 0.29) is 72.8 Å². The molecule has 0 aromatic heterocycles. The topological polar surface area (TPSA) is 21.3 Å². The minimum Gasteiger partial charge on any atom is -0.499 e. The smallest absolute Gasteiger partial charge is 0.499 e. The van der Waals surface area contributed by atoms with Crippen LogP contribution in [-0.4, -0.2) is 13.2 Å². The van der Waals surface area contributed by atoms with Crippen LogP contribution in [0.15, 0.2) is 5.57 Å². The van der Waals surface area contributed by atoms with E-state index in [0.717, 1.165) is 12.1 Å². The summed E-state index contributed by atoms with van der Waals surface area (Å²) in [6.45, 7) is 7.26. The van der Waals surface area contributed by atoms with Crippen LogP contribution in [0, 0.1) is 19.9 Å². The summed E-state index contributed by atoms with van der Waals surface area (Å²) in [7, 11) is 0. The second-order valence-corrected chi connectivity index (χ2v) is 2.07. The first-order chi connectivity index (χ1) is 4.81. The van der Waals surface area contributed by atoms with E-state index in [4.69, 9.17) is 4.84 Å². The van der Waals surface area contributed by atoms with Crippen molar-refractivity contribution in [2.45, 2.75) is 20.8 Å². The van der Waals surface area contributed by atoms with Gasteiger partial charge in [0.05, 0.1) is 0 Å². The van der Waals surface area contributed by atoms with Gasteiger partial charge < -0.3 is 24.8 Å². The largest absolute Gasteiger partial charge is 3.00 e. The zero-order valence-electron chi connectivity index (χ0n) is 9.05. The Bertz CT molecular complexity index is 108. The van der Waals surface area contributed by atoms with Gasteiger partial charge in [-0.2, -0.15) is 13.8 Å². The minimum atomic E-state index is 0. The average molecular weight is 334 g/mol. The van der Waals surface area contributed by atoms with E-state index in [1.807, 2.05) is 27.2 Å². The van der Waals surface area contributed by atoms with Crippen LogP contribution in [0.4, 0.5) is 0 Å². The Balaban J connectivity index is -0.000000135. The Morgan fingerprint density at radius 2 is 2.08 bits per heavy atom. The van der Waals surface area contributed by atoms with Gasteiger partial charge in [0.2, 0.25) is 0 Å². The standard InChI is InChI=1S/C8H15NO.CH3.2Y/c1-4-6-10-9-7-8(3)5-2;;;/h4,9H,6-7H2,1-3H3;1H3;;/q-2;-1;;+3. The van der Waals surface area contributed by atoms with Crippen LogP contribution in [0.25, 0.3) is 0 Å². The Labute approximate surface area is 133 Å². The molecule has 0 fully saturated rings. The van der Waals surface area contributed by atoms with Crippen molar-refractivity contribution < 1.29 is 70.3 Å². The second-order valence-electron chi connectivity index (χ2n) is 2.07. The van der Waals surface area contributed by atoms with Crippen molar-refractivity contribution in [3.8, 4) is 0 Å². The van der Waals surface area contributed by atoms with E-state index in [0.29, 0.717) is 6.61 Å². The molecule has 4 heteroatoms. The number of allylic oxidation sites excluding steroid dienone is 1. The molecule has 1 N–H and O–H groups in total. The maximum absolute atomic E-state index is 4.99. The monoisotopic (exact) mass is 334 g/mol. The van der Waals surface area contributed by atoms with Crippen LogP contribution in [0.3, 0.4) is 0 Å². The van der Waals surface area contributed by atoms with Crippen molar-refractivity contribution in [2.24, 2.45) is 0 Å². The predicted molar refractivity (Wildman–Crippen MR) is 48.4 cm³/mol. The minimum absolute atomic E-state index is 0. The first-order valence-electron chi connectivity index (χ1n) is 3.44. The number of hydroxylamine groups is 1. The molecule has 0 aliphatic heterocycles. The van der Waals surface area contributed by atoms with Crippen LogP contribution in [0.2, 0.25) is 0 Å². The molecule has 0 atom stereocenters. The van der Waals surface area contributed by atoms with E-state index in [2.05, 4.69) is 11.6 Å². The summed E-state index contributed by atoms with van der Waals surface area (Å²) in [5.74, 6) is 0. The molecule has 0 rings (SSSR count). The molecule has 0 aliphatic rings. The van der Waals surface area contributed by atoms with Gasteiger partial charge in [0.15, 0.2) is 0 Å². The Kier molecular flexibility index (Phi) is 36.2. The van der Waals surface area contributed by atoms with E-state index in [9.17, 15) is 0 Å². The van der Waals surface area contributed by atoms with Crippen LogP contribution >= 0.6 is 0 Å². The summed E-state index contributed by atoms with van der Waals surface area (Å²) in [4.78, 5) is 4.99. The van der Waals surface area contributed by atoms with Crippen molar-refractivity contribution >= 4 is 0 Å². The molecule has 1 radical (unpaired) electrons. The van der Waals surface area contributed by atoms with Crippen molar-refractivity contribution in [3.63, 3.8) is 0 Å². The van der Waals surface area contributed by atoms with Crippen LogP contribution in [0.5, 0.6) is 0 Å². The molecule has 0 aliphatic carbocycles. The molecule has 2 nitrogen and oxygen atoms in total. The van der Waals surface area contributed by atoms with Crippen LogP contribution < -0.4 is 5.48 Å². The van der Waals surface area contributed by atoms with Gasteiger partial charge in [-0.25, -0.2) is 11.1 Å². The number of hydrogen-bond donors (Lipinski definition) is 1. The van der Waals surface area contributed by atoms with E-state index < -0.39 is 0 Å². The molecule has 71 valence electrons. The fourth-order valence-corrected chi connectivity index (χ4v) is 0.390. The molecule has 13 heavy (non-hydrogen) atoms. The van der Waals surface area contributed by atoms with Gasteiger partial charge in [0, 0.05) is 39.3 Å². The Morgan fingerprint density at radius 1 is 1.54 bits per heavy atom. The average Bonchev–Trinajstić information content (AvgIpc) is 1.98. The molecule has 0 saturated heterocycles. The van der Waals surface area contributed by atoms with Gasteiger partial charge >= 0.3 is 32.7 Å². The molecule has 0 unspecified atom stereocenters. The Morgan fingerprint density at radius 3 is 2.46 bits per heavy atom. The summed E-state index contributed by atoms with van der Waals surface area (Å²) in [5, 5.41) is 0. The molecular weight excluding hydrogens is 316 g/mol. The zero-order valence-corrected chi connectivity index (χ0v) is 14.7. The normalized spacial score (nSPS) is 9.31. The van der Waals surface area contributed by atoms with Gasteiger partial charge in [-0.15, -0.1) is 0 Å². The molecule has 0 spiro atoms. The van der Waals surface area contributed by atoms with Gasteiger partial charge in [0.1, 0.15) is 0 Å². The fraction of sp³-hybridized carbons (Fsp3) is 0.556. The summed E-state index contributed by atoms with van der Waals surface area (Å²) in [6.07, 6.45) is 4.95. The second kappa shape index (κ2) is 19.4. The molecule has 0 bridgehead atoms. The van der Waals surface area contributed by atoms with Crippen LogP contribution in [0.1, 0.15) is 20.8 Å². The van der Waals surface area contributed by atoms with E-state index >= 15 is 0 Å². The molecule has 0 heterocycles. The van der Waals surface area contributed by atoms with Gasteiger partial charge in [-0.3, -0.25) is 0 Å². The predicted octanol–water partition coefficient (Wildman–Crippen LogP) is 1.95. The Hall–Kier alpha value is 1.87. The molecule has 0 aromatic rings. The third kappa shape index (κ3) is 20.1. The zero-order chi connectivity index (χ0) is 7.82. The van der Waals surface area contributed by atoms with Crippen molar-refractivity contribution in [1.82, 2.24) is 5.48 Å². The number of nitrogens with one attached hydrogen (secondary N) is 1. The van der Waals surface area contributed by atoms with Gasteiger partial charge in [-0.1, -0.05) is 13.5 Å². The maximum Gasteiger partial charge on any atom is 3.00 e. The van der Waals surface area contributed by atoms with Crippen LogP contribution in [-0.2, 0) is 70.3 Å². The molecule has 0 saturated carbocycles. The van der Waals surface area contributed by atoms with E-state index in [1.165, 1.54) is 0 Å². The SMILES string of the molecule is C[C-]=C(C)CNOC[CH-]C.[CH3-].[Y+3].[Y]. The van der Waals surface area contributed by atoms with Gasteiger partial charge in [-0.05, 0) is 0 Å². The first-order valence-corrected chi connectivity index (χ1v) is 3.44. The molecule has 0 aromatic carbocycles. The fourth-order valence-electron chi connectivity index (χ4n) is 0.390. The van der Waals surface area contributed by atoms with Crippen molar-refractivity contribution in [3.05, 3.63) is 25.5 Å². The number of rotatable bonds is 5. The quantitative estimate of drug-likeness (QED) is 0.471. The first kappa shape index (κ1) is 24.2. The summed E-state index contributed by atoms with van der Waals surface area (Å²) < 4.78 is 0. The maximum atomic E-state index is 4.99.